The molecule has 3 nitrogen and oxygen atoms in total. The zero-order valence-electron chi connectivity index (χ0n) is 17.5. The minimum atomic E-state index is 0.627. The third kappa shape index (κ3) is 4.35. The zero-order valence-corrected chi connectivity index (χ0v) is 17.5. The summed E-state index contributed by atoms with van der Waals surface area (Å²) in [6.07, 6.45) is 8.11. The van der Waals surface area contributed by atoms with Crippen molar-refractivity contribution in [3.8, 4) is 0 Å². The van der Waals surface area contributed by atoms with Crippen molar-refractivity contribution in [1.29, 1.82) is 0 Å². The molecule has 0 aromatic heterocycles. The third-order valence-electron chi connectivity index (χ3n) is 5.54. The molecule has 0 aromatic carbocycles. The summed E-state index contributed by atoms with van der Waals surface area (Å²) in [5.41, 5.74) is 2.93. The van der Waals surface area contributed by atoms with Crippen LogP contribution in [0.1, 0.15) is 74.1 Å². The summed E-state index contributed by atoms with van der Waals surface area (Å²) in [5.74, 6) is 0. The fourth-order valence-corrected chi connectivity index (χ4v) is 4.79. The number of rotatable bonds is 2. The van der Waals surface area contributed by atoms with Crippen molar-refractivity contribution >= 4 is 0 Å². The number of hydrogen-bond donors (Lipinski definition) is 0. The van der Waals surface area contributed by atoms with Crippen LogP contribution >= 0.6 is 0 Å². The third-order valence-corrected chi connectivity index (χ3v) is 5.54. The predicted molar refractivity (Wildman–Crippen MR) is 105 cm³/mol. The van der Waals surface area contributed by atoms with Crippen molar-refractivity contribution in [2.75, 3.05) is 39.4 Å². The lowest BCUT2D eigenvalue weighted by atomic mass is 9.39. The van der Waals surface area contributed by atoms with Crippen LogP contribution in [0.2, 0.25) is 0 Å². The van der Waals surface area contributed by atoms with Crippen molar-refractivity contribution in [3.05, 3.63) is 11.8 Å². The first kappa shape index (κ1) is 21.5. The van der Waals surface area contributed by atoms with E-state index in [1.165, 1.54) is 38.8 Å². The zero-order chi connectivity index (χ0) is 18.2. The van der Waals surface area contributed by atoms with Crippen LogP contribution in [0.15, 0.2) is 11.8 Å². The Labute approximate surface area is 151 Å². The van der Waals surface area contributed by atoms with Gasteiger partial charge in [-0.1, -0.05) is 54.5 Å². The van der Waals surface area contributed by atoms with Gasteiger partial charge in [0.05, 0.1) is 13.2 Å². The van der Waals surface area contributed by atoms with Gasteiger partial charge in [-0.25, -0.2) is 0 Å². The second kappa shape index (κ2) is 9.82. The minimum Gasteiger partial charge on any atom is -0.378 e. The lowest BCUT2D eigenvalue weighted by Gasteiger charge is -2.73. The molecule has 2 bridgehead atoms. The molecule has 142 valence electrons. The Morgan fingerprint density at radius 3 is 1.83 bits per heavy atom. The maximum absolute atomic E-state index is 5.43. The summed E-state index contributed by atoms with van der Waals surface area (Å²) in [4.78, 5) is 5.28. The molecule has 0 unspecified atom stereocenters. The normalized spacial score (nSPS) is 33.8. The summed E-state index contributed by atoms with van der Waals surface area (Å²) in [5, 5.41) is 0. The summed E-state index contributed by atoms with van der Waals surface area (Å²) in [6.45, 7) is 20.9. The second-order valence-electron chi connectivity index (χ2n) is 7.06. The van der Waals surface area contributed by atoms with Gasteiger partial charge in [0.15, 0.2) is 0 Å². The molecular weight excluding hydrogens is 296 g/mol. The largest absolute Gasteiger partial charge is 0.378 e. The first-order valence-corrected chi connectivity index (χ1v) is 10.5. The Kier molecular flexibility index (Phi) is 8.80. The molecule has 0 N–H and O–H groups in total. The van der Waals surface area contributed by atoms with Gasteiger partial charge in [-0.15, -0.1) is 0 Å². The highest BCUT2D eigenvalue weighted by molar-refractivity contribution is 5.24. The Morgan fingerprint density at radius 1 is 0.875 bits per heavy atom. The van der Waals surface area contributed by atoms with Gasteiger partial charge in [0.1, 0.15) is 0 Å². The Balaban J connectivity index is 0.000000436. The summed E-state index contributed by atoms with van der Waals surface area (Å²) >= 11 is 0. The van der Waals surface area contributed by atoms with E-state index in [0.717, 1.165) is 31.7 Å². The van der Waals surface area contributed by atoms with E-state index < -0.39 is 0 Å². The average molecular weight is 339 g/mol. The second-order valence-corrected chi connectivity index (χ2v) is 7.06. The fraction of sp³-hybridized carbons (Fsp3) is 0.905. The van der Waals surface area contributed by atoms with E-state index in [2.05, 4.69) is 22.8 Å². The van der Waals surface area contributed by atoms with Crippen LogP contribution in [0.25, 0.3) is 0 Å². The topological polar surface area (TPSA) is 15.7 Å². The predicted octanol–water partition coefficient (Wildman–Crippen LogP) is 4.93. The number of hydrogen-bond acceptors (Lipinski definition) is 3. The van der Waals surface area contributed by atoms with Crippen LogP contribution in [0.3, 0.4) is 0 Å². The molecule has 0 radical (unpaired) electrons. The Hall–Kier alpha value is -0.540. The molecule has 2 aliphatic heterocycles. The lowest BCUT2D eigenvalue weighted by Crippen LogP contribution is -2.74. The van der Waals surface area contributed by atoms with Gasteiger partial charge >= 0.3 is 0 Å². The molecule has 3 aliphatic carbocycles. The average Bonchev–Trinajstić information content (AvgIpc) is 2.64. The van der Waals surface area contributed by atoms with Gasteiger partial charge in [-0.2, -0.15) is 0 Å². The highest BCUT2D eigenvalue weighted by Gasteiger charge is 2.67. The molecule has 3 saturated carbocycles. The van der Waals surface area contributed by atoms with Crippen LogP contribution in [0.5, 0.6) is 0 Å². The van der Waals surface area contributed by atoms with E-state index in [4.69, 9.17) is 4.74 Å². The molecular formula is C21H42N2O. The Morgan fingerprint density at radius 2 is 1.42 bits per heavy atom. The maximum Gasteiger partial charge on any atom is 0.0642 e. The maximum atomic E-state index is 5.43. The molecule has 2 heterocycles. The molecule has 5 rings (SSSR count). The Bertz CT molecular complexity index is 366. The molecule has 0 amide bonds. The molecule has 0 aromatic rings. The van der Waals surface area contributed by atoms with Crippen LogP contribution in [0, 0.1) is 5.41 Å². The van der Waals surface area contributed by atoms with Crippen molar-refractivity contribution in [3.63, 3.8) is 0 Å². The van der Waals surface area contributed by atoms with Gasteiger partial charge in [0.25, 0.3) is 0 Å². The van der Waals surface area contributed by atoms with E-state index in [9.17, 15) is 0 Å². The number of morpholine rings is 1. The minimum absolute atomic E-state index is 0.627. The standard InChI is InChI=1S/C15H24N2O.3C2H6/c1-14-10-15(11-14,12-14)17-4-2-13(3-5-17)16-6-8-18-9-7-16;3*1-2/h2H,3-12H2,1H3;3*1-2H3. The van der Waals surface area contributed by atoms with Crippen LogP contribution < -0.4 is 0 Å². The van der Waals surface area contributed by atoms with Crippen LogP contribution in [-0.4, -0.2) is 54.7 Å². The van der Waals surface area contributed by atoms with Gasteiger partial charge in [-0.3, -0.25) is 4.90 Å². The molecule has 5 aliphatic rings. The van der Waals surface area contributed by atoms with Crippen molar-refractivity contribution in [2.45, 2.75) is 79.7 Å². The van der Waals surface area contributed by atoms with Crippen molar-refractivity contribution in [1.82, 2.24) is 9.80 Å². The van der Waals surface area contributed by atoms with Crippen LogP contribution in [-0.2, 0) is 4.74 Å². The molecule has 4 fully saturated rings. The van der Waals surface area contributed by atoms with E-state index in [1.54, 1.807) is 5.70 Å². The van der Waals surface area contributed by atoms with Gasteiger partial charge in [-0.05, 0) is 31.1 Å². The molecule has 0 atom stereocenters. The summed E-state index contributed by atoms with van der Waals surface area (Å²) < 4.78 is 5.43. The first-order valence-electron chi connectivity index (χ1n) is 10.5. The van der Waals surface area contributed by atoms with Crippen LogP contribution in [0.4, 0.5) is 0 Å². The van der Waals surface area contributed by atoms with Gasteiger partial charge in [0, 0.05) is 37.4 Å². The van der Waals surface area contributed by atoms with Gasteiger partial charge < -0.3 is 9.64 Å². The van der Waals surface area contributed by atoms with E-state index >= 15 is 0 Å². The smallest absolute Gasteiger partial charge is 0.0642 e. The first-order chi connectivity index (χ1) is 11.7. The van der Waals surface area contributed by atoms with E-state index in [0.29, 0.717) is 5.54 Å². The fourth-order valence-electron chi connectivity index (χ4n) is 4.79. The highest BCUT2D eigenvalue weighted by Crippen LogP contribution is 2.69. The van der Waals surface area contributed by atoms with E-state index in [1.807, 2.05) is 41.5 Å². The summed E-state index contributed by atoms with van der Waals surface area (Å²) in [7, 11) is 0. The molecule has 3 heteroatoms. The monoisotopic (exact) mass is 338 g/mol. The molecule has 1 saturated heterocycles. The van der Waals surface area contributed by atoms with E-state index in [-0.39, 0.29) is 0 Å². The SMILES string of the molecule is CC.CC.CC.CC12CC(N3CC=C(N4CCOCC4)CC3)(C1)C2. The van der Waals surface area contributed by atoms with Crippen molar-refractivity contribution < 1.29 is 4.74 Å². The molecule has 24 heavy (non-hydrogen) atoms. The summed E-state index contributed by atoms with van der Waals surface area (Å²) in [6, 6.07) is 0. The number of nitrogens with zero attached hydrogens (tertiary/aromatic N) is 2. The quantitative estimate of drug-likeness (QED) is 0.710. The van der Waals surface area contributed by atoms with Gasteiger partial charge in [0.2, 0.25) is 0 Å². The lowest BCUT2D eigenvalue weighted by molar-refractivity contribution is -0.207. The highest BCUT2D eigenvalue weighted by atomic mass is 16.5. The molecule has 0 spiro atoms. The van der Waals surface area contributed by atoms with Crippen molar-refractivity contribution in [2.24, 2.45) is 5.41 Å². The number of ether oxygens (including phenoxy) is 1.